The molecule has 0 spiro atoms. The summed E-state index contributed by atoms with van der Waals surface area (Å²) in [5, 5.41) is 2.93. The van der Waals surface area contributed by atoms with Gasteiger partial charge < -0.3 is 11.1 Å². The highest BCUT2D eigenvalue weighted by Gasteiger charge is 2.19. The van der Waals surface area contributed by atoms with Crippen molar-refractivity contribution in [2.45, 2.75) is 32.6 Å². The monoisotopic (exact) mass is 248 g/mol. The first-order valence-electron chi connectivity index (χ1n) is 6.51. The van der Waals surface area contributed by atoms with Crippen LogP contribution in [0.2, 0.25) is 0 Å². The molecular formula is C13H20N4O. The van der Waals surface area contributed by atoms with Crippen molar-refractivity contribution in [1.82, 2.24) is 15.3 Å². The number of nitrogens with two attached hydrogens (primary N) is 1. The first kappa shape index (κ1) is 12.8. The van der Waals surface area contributed by atoms with Crippen LogP contribution in [0.4, 0.5) is 5.82 Å². The fraction of sp³-hybridized carbons (Fsp3) is 0.615. The molecule has 1 aliphatic rings. The van der Waals surface area contributed by atoms with Crippen LogP contribution < -0.4 is 11.1 Å². The molecule has 1 fully saturated rings. The van der Waals surface area contributed by atoms with Gasteiger partial charge in [0.25, 0.3) is 5.91 Å². The number of nitrogen functional groups attached to an aromatic ring is 1. The van der Waals surface area contributed by atoms with Gasteiger partial charge in [-0.15, -0.1) is 0 Å². The number of nitrogens with one attached hydrogen (secondary N) is 1. The van der Waals surface area contributed by atoms with Crippen LogP contribution in [0.15, 0.2) is 12.4 Å². The predicted octanol–water partition coefficient (Wildman–Crippen LogP) is 1.61. The minimum Gasteiger partial charge on any atom is -0.382 e. The van der Waals surface area contributed by atoms with Crippen LogP contribution in [-0.4, -0.2) is 22.4 Å². The van der Waals surface area contributed by atoms with Crippen LogP contribution in [0.3, 0.4) is 0 Å². The average Bonchev–Trinajstić information content (AvgIpc) is 2.37. The maximum atomic E-state index is 11.8. The second-order valence-corrected chi connectivity index (χ2v) is 5.17. The Kier molecular flexibility index (Phi) is 4.12. The summed E-state index contributed by atoms with van der Waals surface area (Å²) in [6.07, 6.45) is 7.80. The van der Waals surface area contributed by atoms with Gasteiger partial charge in [-0.25, -0.2) is 9.97 Å². The summed E-state index contributed by atoms with van der Waals surface area (Å²) in [6, 6.07) is 0. The fourth-order valence-corrected chi connectivity index (χ4v) is 2.53. The Labute approximate surface area is 107 Å². The number of carbonyl (C=O) groups excluding carboxylic acids is 1. The largest absolute Gasteiger partial charge is 0.382 e. The number of carbonyl (C=O) groups is 1. The molecule has 5 heteroatoms. The second kappa shape index (κ2) is 5.80. The van der Waals surface area contributed by atoms with E-state index in [2.05, 4.69) is 22.2 Å². The molecule has 1 aromatic rings. The van der Waals surface area contributed by atoms with E-state index in [1.165, 1.54) is 38.1 Å². The zero-order chi connectivity index (χ0) is 13.0. The third kappa shape index (κ3) is 3.42. The second-order valence-electron chi connectivity index (χ2n) is 5.17. The number of rotatable bonds is 3. The van der Waals surface area contributed by atoms with Crippen molar-refractivity contribution in [3.05, 3.63) is 18.1 Å². The average molecular weight is 248 g/mol. The lowest BCUT2D eigenvalue weighted by molar-refractivity contribution is 0.0935. The third-order valence-corrected chi connectivity index (χ3v) is 3.50. The third-order valence-electron chi connectivity index (χ3n) is 3.50. The SMILES string of the molecule is CC1CCCC(CNC(=O)c2cnc(N)cn2)C1. The molecule has 0 aromatic carbocycles. The Morgan fingerprint density at radius 2 is 2.28 bits per heavy atom. The first-order chi connectivity index (χ1) is 8.65. The summed E-state index contributed by atoms with van der Waals surface area (Å²) >= 11 is 0. The summed E-state index contributed by atoms with van der Waals surface area (Å²) in [5.74, 6) is 1.53. The summed E-state index contributed by atoms with van der Waals surface area (Å²) in [4.78, 5) is 19.6. The van der Waals surface area contributed by atoms with Crippen molar-refractivity contribution in [3.8, 4) is 0 Å². The Morgan fingerprint density at radius 3 is 2.94 bits per heavy atom. The van der Waals surface area contributed by atoms with Crippen LogP contribution in [0.1, 0.15) is 43.1 Å². The van der Waals surface area contributed by atoms with Crippen molar-refractivity contribution >= 4 is 11.7 Å². The van der Waals surface area contributed by atoms with Crippen LogP contribution in [0, 0.1) is 11.8 Å². The van der Waals surface area contributed by atoms with Gasteiger partial charge in [0.05, 0.1) is 12.4 Å². The topological polar surface area (TPSA) is 80.9 Å². The van der Waals surface area contributed by atoms with E-state index in [9.17, 15) is 4.79 Å². The number of amides is 1. The molecule has 5 nitrogen and oxygen atoms in total. The van der Waals surface area contributed by atoms with Crippen molar-refractivity contribution in [2.24, 2.45) is 11.8 Å². The molecule has 98 valence electrons. The highest BCUT2D eigenvalue weighted by atomic mass is 16.1. The Bertz CT molecular complexity index is 404. The molecule has 0 radical (unpaired) electrons. The van der Waals surface area contributed by atoms with Crippen molar-refractivity contribution in [1.29, 1.82) is 0 Å². The minimum atomic E-state index is -0.166. The van der Waals surface area contributed by atoms with Gasteiger partial charge >= 0.3 is 0 Å². The van der Waals surface area contributed by atoms with Crippen LogP contribution in [-0.2, 0) is 0 Å². The summed E-state index contributed by atoms with van der Waals surface area (Å²) < 4.78 is 0. The fourth-order valence-electron chi connectivity index (χ4n) is 2.53. The van der Waals surface area contributed by atoms with E-state index in [-0.39, 0.29) is 5.91 Å². The van der Waals surface area contributed by atoms with Gasteiger partial charge in [0.15, 0.2) is 0 Å². The number of nitrogens with zero attached hydrogens (tertiary/aromatic N) is 2. The maximum absolute atomic E-state index is 11.8. The first-order valence-corrected chi connectivity index (χ1v) is 6.51. The minimum absolute atomic E-state index is 0.166. The quantitative estimate of drug-likeness (QED) is 0.851. The highest BCUT2D eigenvalue weighted by molar-refractivity contribution is 5.91. The molecule has 1 amide bonds. The Hall–Kier alpha value is -1.65. The summed E-state index contributed by atoms with van der Waals surface area (Å²) in [6.45, 7) is 3.01. The molecule has 18 heavy (non-hydrogen) atoms. The molecule has 1 saturated carbocycles. The van der Waals surface area contributed by atoms with Gasteiger partial charge in [0.2, 0.25) is 0 Å². The molecular weight excluding hydrogens is 228 g/mol. The molecule has 0 bridgehead atoms. The smallest absolute Gasteiger partial charge is 0.271 e. The van der Waals surface area contributed by atoms with E-state index in [4.69, 9.17) is 5.73 Å². The zero-order valence-corrected chi connectivity index (χ0v) is 10.7. The van der Waals surface area contributed by atoms with E-state index >= 15 is 0 Å². The van der Waals surface area contributed by atoms with Crippen molar-refractivity contribution < 1.29 is 4.79 Å². The Morgan fingerprint density at radius 1 is 1.44 bits per heavy atom. The number of hydrogen-bond donors (Lipinski definition) is 2. The zero-order valence-electron chi connectivity index (χ0n) is 10.7. The van der Waals surface area contributed by atoms with Gasteiger partial charge in [-0.3, -0.25) is 4.79 Å². The van der Waals surface area contributed by atoms with E-state index < -0.39 is 0 Å². The maximum Gasteiger partial charge on any atom is 0.271 e. The lowest BCUT2D eigenvalue weighted by atomic mass is 9.82. The molecule has 1 heterocycles. The number of hydrogen-bond acceptors (Lipinski definition) is 4. The predicted molar refractivity (Wildman–Crippen MR) is 69.9 cm³/mol. The van der Waals surface area contributed by atoms with E-state index in [1.807, 2.05) is 0 Å². The van der Waals surface area contributed by atoms with Crippen molar-refractivity contribution in [3.63, 3.8) is 0 Å². The molecule has 0 aliphatic heterocycles. The molecule has 2 rings (SSSR count). The normalized spacial score (nSPS) is 23.6. The van der Waals surface area contributed by atoms with Crippen molar-refractivity contribution in [2.75, 3.05) is 12.3 Å². The molecule has 1 aliphatic carbocycles. The van der Waals surface area contributed by atoms with Crippen LogP contribution >= 0.6 is 0 Å². The van der Waals surface area contributed by atoms with Gasteiger partial charge in [0, 0.05) is 6.54 Å². The van der Waals surface area contributed by atoms with Crippen LogP contribution in [0.25, 0.3) is 0 Å². The summed E-state index contributed by atoms with van der Waals surface area (Å²) in [7, 11) is 0. The number of aromatic nitrogens is 2. The number of anilines is 1. The molecule has 1 aromatic heterocycles. The Balaban J connectivity index is 1.82. The molecule has 2 unspecified atom stereocenters. The van der Waals surface area contributed by atoms with Gasteiger partial charge in [-0.2, -0.15) is 0 Å². The van der Waals surface area contributed by atoms with Crippen LogP contribution in [0.5, 0.6) is 0 Å². The van der Waals surface area contributed by atoms with E-state index in [0.717, 1.165) is 12.5 Å². The van der Waals surface area contributed by atoms with E-state index in [1.54, 1.807) is 0 Å². The highest BCUT2D eigenvalue weighted by Crippen LogP contribution is 2.27. The van der Waals surface area contributed by atoms with Gasteiger partial charge in [0.1, 0.15) is 11.5 Å². The summed E-state index contributed by atoms with van der Waals surface area (Å²) in [5.41, 5.74) is 5.75. The molecule has 2 atom stereocenters. The lowest BCUT2D eigenvalue weighted by Crippen LogP contribution is -2.32. The standard InChI is InChI=1S/C13H20N4O/c1-9-3-2-4-10(5-9)6-17-13(18)11-7-16-12(14)8-15-11/h7-10H,2-6H2,1H3,(H2,14,16)(H,17,18). The van der Waals surface area contributed by atoms with E-state index in [0.29, 0.717) is 17.4 Å². The van der Waals surface area contributed by atoms with Gasteiger partial charge in [-0.1, -0.05) is 19.8 Å². The van der Waals surface area contributed by atoms with Gasteiger partial charge in [-0.05, 0) is 24.7 Å². The molecule has 3 N–H and O–H groups in total. The lowest BCUT2D eigenvalue weighted by Gasteiger charge is -2.26. The molecule has 0 saturated heterocycles.